The minimum Gasteiger partial charge on any atom is -0.409 e. The van der Waals surface area contributed by atoms with Gasteiger partial charge < -0.3 is 15.5 Å². The minimum atomic E-state index is 0.130. The molecule has 104 valence electrons. The Balaban J connectivity index is 1.73. The van der Waals surface area contributed by atoms with Crippen molar-refractivity contribution in [1.29, 1.82) is 0 Å². The highest BCUT2D eigenvalue weighted by Crippen LogP contribution is 2.14. The Kier molecular flexibility index (Phi) is 3.34. The lowest BCUT2D eigenvalue weighted by Crippen LogP contribution is -2.33. The molecule has 0 spiro atoms. The van der Waals surface area contributed by atoms with Gasteiger partial charge in [0.05, 0.1) is 6.54 Å². The summed E-state index contributed by atoms with van der Waals surface area (Å²) in [6, 6.07) is 7.71. The number of aromatic nitrogens is 3. The molecule has 7 nitrogen and oxygen atoms in total. The van der Waals surface area contributed by atoms with E-state index >= 15 is 0 Å². The van der Waals surface area contributed by atoms with E-state index in [0.717, 1.165) is 43.1 Å². The molecule has 2 aromatic rings. The van der Waals surface area contributed by atoms with Gasteiger partial charge in [0.2, 0.25) is 0 Å². The average molecular weight is 272 g/mol. The Morgan fingerprint density at radius 3 is 3.15 bits per heavy atom. The van der Waals surface area contributed by atoms with Gasteiger partial charge in [0.15, 0.2) is 5.84 Å². The first-order valence-electron chi connectivity index (χ1n) is 6.42. The number of benzene rings is 1. The summed E-state index contributed by atoms with van der Waals surface area (Å²) >= 11 is 0. The molecular formula is C13H16N6O. The van der Waals surface area contributed by atoms with Gasteiger partial charge in [-0.2, -0.15) is 0 Å². The second kappa shape index (κ2) is 5.30. The van der Waals surface area contributed by atoms with Crippen molar-refractivity contribution in [1.82, 2.24) is 19.7 Å². The van der Waals surface area contributed by atoms with Gasteiger partial charge in [-0.1, -0.05) is 23.4 Å². The van der Waals surface area contributed by atoms with Crippen LogP contribution in [0.1, 0.15) is 17.0 Å². The van der Waals surface area contributed by atoms with E-state index in [4.69, 9.17) is 10.9 Å². The molecule has 3 N–H and O–H groups in total. The molecule has 1 aliphatic rings. The zero-order chi connectivity index (χ0) is 13.9. The fraction of sp³-hybridized carbons (Fsp3) is 0.308. The van der Waals surface area contributed by atoms with E-state index in [-0.39, 0.29) is 5.84 Å². The smallest absolute Gasteiger partial charge is 0.170 e. The lowest BCUT2D eigenvalue weighted by atomic mass is 10.1. The van der Waals surface area contributed by atoms with E-state index in [1.54, 1.807) is 6.33 Å². The number of nitrogens with zero attached hydrogens (tertiary/aromatic N) is 5. The minimum absolute atomic E-state index is 0.130. The van der Waals surface area contributed by atoms with E-state index < -0.39 is 0 Å². The molecule has 0 radical (unpaired) electrons. The van der Waals surface area contributed by atoms with Crippen LogP contribution in [0.2, 0.25) is 0 Å². The van der Waals surface area contributed by atoms with Crippen LogP contribution in [0.25, 0.3) is 0 Å². The molecule has 1 aromatic carbocycles. The standard InChI is InChI=1S/C13H16N6O/c14-13(17-20)11-3-1-2-10(6-11)7-18-4-5-19-9-15-16-12(19)8-18/h1-3,6,9,20H,4-5,7-8H2,(H2,14,17). The Hall–Kier alpha value is -2.41. The van der Waals surface area contributed by atoms with Crippen molar-refractivity contribution in [3.8, 4) is 0 Å². The van der Waals surface area contributed by atoms with Crippen molar-refractivity contribution in [3.05, 3.63) is 47.5 Å². The summed E-state index contributed by atoms with van der Waals surface area (Å²) in [5.74, 6) is 1.12. The first kappa shape index (κ1) is 12.6. The predicted octanol–water partition coefficient (Wildman–Crippen LogP) is 0.388. The Bertz CT molecular complexity index is 635. The van der Waals surface area contributed by atoms with Gasteiger partial charge in [-0.25, -0.2) is 0 Å². The second-order valence-electron chi connectivity index (χ2n) is 4.84. The highest BCUT2D eigenvalue weighted by Gasteiger charge is 2.17. The fourth-order valence-corrected chi connectivity index (χ4v) is 2.40. The van der Waals surface area contributed by atoms with Gasteiger partial charge in [0, 0.05) is 25.2 Å². The van der Waals surface area contributed by atoms with Gasteiger partial charge in [-0.05, 0) is 11.6 Å². The average Bonchev–Trinajstić information content (AvgIpc) is 2.94. The third-order valence-corrected chi connectivity index (χ3v) is 3.45. The molecule has 0 amide bonds. The normalized spacial score (nSPS) is 16.1. The first-order valence-corrected chi connectivity index (χ1v) is 6.42. The number of fused-ring (bicyclic) bond motifs is 1. The lowest BCUT2D eigenvalue weighted by molar-refractivity contribution is 0.209. The number of hydrogen-bond acceptors (Lipinski definition) is 5. The van der Waals surface area contributed by atoms with Crippen LogP contribution < -0.4 is 5.73 Å². The number of hydrogen-bond donors (Lipinski definition) is 2. The topological polar surface area (TPSA) is 92.6 Å². The Morgan fingerprint density at radius 2 is 2.30 bits per heavy atom. The predicted molar refractivity (Wildman–Crippen MR) is 73.1 cm³/mol. The Morgan fingerprint density at radius 1 is 1.40 bits per heavy atom. The van der Waals surface area contributed by atoms with Crippen LogP contribution in [0.15, 0.2) is 35.7 Å². The maximum absolute atomic E-state index is 8.72. The molecule has 0 saturated heterocycles. The molecule has 7 heteroatoms. The SMILES string of the molecule is NC(=NO)c1cccc(CN2CCn3cnnc3C2)c1. The maximum Gasteiger partial charge on any atom is 0.170 e. The van der Waals surface area contributed by atoms with E-state index in [1.807, 2.05) is 24.3 Å². The van der Waals surface area contributed by atoms with E-state index in [2.05, 4.69) is 24.8 Å². The van der Waals surface area contributed by atoms with Gasteiger partial charge in [-0.15, -0.1) is 10.2 Å². The van der Waals surface area contributed by atoms with Crippen LogP contribution in [-0.2, 0) is 19.6 Å². The van der Waals surface area contributed by atoms with Gasteiger partial charge in [-0.3, -0.25) is 4.90 Å². The van der Waals surface area contributed by atoms with Crippen molar-refractivity contribution >= 4 is 5.84 Å². The highest BCUT2D eigenvalue weighted by atomic mass is 16.4. The summed E-state index contributed by atoms with van der Waals surface area (Å²) < 4.78 is 2.07. The number of rotatable bonds is 3. The summed E-state index contributed by atoms with van der Waals surface area (Å²) in [6.45, 7) is 3.45. The molecular weight excluding hydrogens is 256 g/mol. The van der Waals surface area contributed by atoms with Crippen LogP contribution in [0.5, 0.6) is 0 Å². The fourth-order valence-electron chi connectivity index (χ4n) is 2.40. The molecule has 0 unspecified atom stereocenters. The van der Waals surface area contributed by atoms with Crippen molar-refractivity contribution in [2.24, 2.45) is 10.9 Å². The third kappa shape index (κ3) is 2.48. The molecule has 0 aliphatic carbocycles. The zero-order valence-corrected chi connectivity index (χ0v) is 11.0. The first-order chi connectivity index (χ1) is 9.76. The summed E-state index contributed by atoms with van der Waals surface area (Å²) in [5, 5.41) is 19.8. The van der Waals surface area contributed by atoms with Crippen LogP contribution in [0, 0.1) is 0 Å². The molecule has 0 atom stereocenters. The zero-order valence-electron chi connectivity index (χ0n) is 11.0. The van der Waals surface area contributed by atoms with Crippen LogP contribution >= 0.6 is 0 Å². The third-order valence-electron chi connectivity index (χ3n) is 3.45. The van der Waals surface area contributed by atoms with Gasteiger partial charge >= 0.3 is 0 Å². The maximum atomic E-state index is 8.72. The van der Waals surface area contributed by atoms with E-state index in [9.17, 15) is 0 Å². The Labute approximate surface area is 116 Å². The summed E-state index contributed by atoms with van der Waals surface area (Å²) in [5.41, 5.74) is 7.46. The second-order valence-corrected chi connectivity index (χ2v) is 4.84. The molecule has 20 heavy (non-hydrogen) atoms. The number of amidine groups is 1. The van der Waals surface area contributed by atoms with Crippen LogP contribution in [-0.4, -0.2) is 37.3 Å². The molecule has 1 aliphatic heterocycles. The largest absolute Gasteiger partial charge is 0.409 e. The van der Waals surface area contributed by atoms with Crippen LogP contribution in [0.4, 0.5) is 0 Å². The molecule has 2 heterocycles. The molecule has 1 aromatic heterocycles. The highest BCUT2D eigenvalue weighted by molar-refractivity contribution is 5.97. The van der Waals surface area contributed by atoms with Crippen molar-refractivity contribution in [2.75, 3.05) is 6.54 Å². The lowest BCUT2D eigenvalue weighted by Gasteiger charge is -2.26. The molecule has 3 rings (SSSR count). The van der Waals surface area contributed by atoms with Crippen molar-refractivity contribution in [3.63, 3.8) is 0 Å². The molecule has 0 fully saturated rings. The van der Waals surface area contributed by atoms with E-state index in [1.165, 1.54) is 0 Å². The quantitative estimate of drug-likeness (QED) is 0.365. The van der Waals surface area contributed by atoms with E-state index in [0.29, 0.717) is 0 Å². The molecule has 0 saturated carbocycles. The van der Waals surface area contributed by atoms with Crippen LogP contribution in [0.3, 0.4) is 0 Å². The van der Waals surface area contributed by atoms with Crippen molar-refractivity contribution < 1.29 is 5.21 Å². The number of oxime groups is 1. The summed E-state index contributed by atoms with van der Waals surface area (Å²) in [7, 11) is 0. The summed E-state index contributed by atoms with van der Waals surface area (Å²) in [4.78, 5) is 2.30. The summed E-state index contributed by atoms with van der Waals surface area (Å²) in [6.07, 6.45) is 1.77. The molecule has 0 bridgehead atoms. The van der Waals surface area contributed by atoms with Crippen molar-refractivity contribution in [2.45, 2.75) is 19.6 Å². The number of nitrogens with two attached hydrogens (primary N) is 1. The monoisotopic (exact) mass is 272 g/mol. The van der Waals surface area contributed by atoms with Gasteiger partial charge in [0.1, 0.15) is 12.2 Å². The van der Waals surface area contributed by atoms with Gasteiger partial charge in [0.25, 0.3) is 0 Å².